The lowest BCUT2D eigenvalue weighted by Gasteiger charge is -2.27. The highest BCUT2D eigenvalue weighted by Crippen LogP contribution is 2.38. The number of anilines is 1. The average Bonchev–Trinajstić information content (AvgIpc) is 3.04. The molecule has 0 aliphatic heterocycles. The molecule has 0 saturated carbocycles. The zero-order chi connectivity index (χ0) is 20.7. The first kappa shape index (κ1) is 19.5. The van der Waals surface area contributed by atoms with Crippen molar-refractivity contribution in [2.45, 2.75) is 32.5 Å². The quantitative estimate of drug-likeness (QED) is 0.561. The van der Waals surface area contributed by atoms with Crippen LogP contribution in [-0.2, 0) is 16.5 Å². The summed E-state index contributed by atoms with van der Waals surface area (Å²) in [5.41, 5.74) is -0.688. The number of carbonyl (C=O) groups excluding carboxylic acids is 1. The van der Waals surface area contributed by atoms with Gasteiger partial charge in [-0.15, -0.1) is 0 Å². The number of amides is 1. The Morgan fingerprint density at radius 2 is 1.82 bits per heavy atom. The number of aromatic nitrogens is 1. The van der Waals surface area contributed by atoms with Gasteiger partial charge in [-0.3, -0.25) is 4.79 Å². The van der Waals surface area contributed by atoms with Crippen LogP contribution in [0.25, 0.3) is 15.7 Å². The zero-order valence-electron chi connectivity index (χ0n) is 15.6. The number of halogens is 3. The van der Waals surface area contributed by atoms with Crippen LogP contribution in [0, 0.1) is 13.5 Å². The van der Waals surface area contributed by atoms with E-state index in [0.717, 1.165) is 28.6 Å². The largest absolute Gasteiger partial charge is 0.407 e. The highest BCUT2D eigenvalue weighted by Gasteiger charge is 2.35. The second-order valence-corrected chi connectivity index (χ2v) is 7.10. The van der Waals surface area contributed by atoms with Gasteiger partial charge in [-0.1, -0.05) is 17.7 Å². The Morgan fingerprint density at radius 3 is 2.46 bits per heavy atom. The molecule has 0 fully saturated rings. The van der Waals surface area contributed by atoms with Gasteiger partial charge in [0.1, 0.15) is 5.54 Å². The first-order valence-corrected chi connectivity index (χ1v) is 8.52. The van der Waals surface area contributed by atoms with Crippen LogP contribution in [0.3, 0.4) is 0 Å². The summed E-state index contributed by atoms with van der Waals surface area (Å²) in [4.78, 5) is 15.8. The van der Waals surface area contributed by atoms with Crippen molar-refractivity contribution in [3.63, 3.8) is 0 Å². The molecular formula is C21H18F3N3O. The molecule has 0 aliphatic rings. The van der Waals surface area contributed by atoms with Crippen LogP contribution in [0.2, 0.25) is 0 Å². The Kier molecular flexibility index (Phi) is 4.67. The maximum atomic E-state index is 13.2. The highest BCUT2D eigenvalue weighted by atomic mass is 19.4. The number of hydrogen-bond acceptors (Lipinski definition) is 1. The van der Waals surface area contributed by atoms with E-state index in [1.54, 1.807) is 24.6 Å². The molecule has 1 N–H and O–H groups in total. The van der Waals surface area contributed by atoms with Crippen LogP contribution >= 0.6 is 0 Å². The number of benzene rings is 2. The van der Waals surface area contributed by atoms with Crippen LogP contribution in [-0.4, -0.2) is 10.5 Å². The van der Waals surface area contributed by atoms with E-state index in [9.17, 15) is 18.0 Å². The minimum atomic E-state index is -4.68. The summed E-state index contributed by atoms with van der Waals surface area (Å²) in [6, 6.07) is 10.9. The molecule has 0 bridgehead atoms. The number of aryl methyl sites for hydroxylation is 1. The van der Waals surface area contributed by atoms with Crippen molar-refractivity contribution in [1.82, 2.24) is 4.57 Å². The van der Waals surface area contributed by atoms with E-state index >= 15 is 0 Å². The first-order chi connectivity index (χ1) is 13.0. The number of nitrogens with one attached hydrogen (secondary N) is 1. The summed E-state index contributed by atoms with van der Waals surface area (Å²) in [6.07, 6.45) is -2.89. The van der Waals surface area contributed by atoms with E-state index in [-0.39, 0.29) is 5.69 Å². The Balaban J connectivity index is 1.94. The maximum absolute atomic E-state index is 13.2. The lowest BCUT2D eigenvalue weighted by molar-refractivity contribution is -0.136. The number of fused-ring (bicyclic) bond motifs is 1. The van der Waals surface area contributed by atoms with Gasteiger partial charge in [-0.05, 0) is 56.5 Å². The van der Waals surface area contributed by atoms with Gasteiger partial charge in [0, 0.05) is 17.4 Å². The van der Waals surface area contributed by atoms with Crippen molar-refractivity contribution in [3.8, 4) is 0 Å². The van der Waals surface area contributed by atoms with Crippen LogP contribution in [0.1, 0.15) is 25.0 Å². The molecule has 0 radical (unpaired) electrons. The first-order valence-electron chi connectivity index (χ1n) is 8.52. The maximum Gasteiger partial charge on any atom is 0.407 e. The van der Waals surface area contributed by atoms with Crippen molar-refractivity contribution in [2.24, 2.45) is 0 Å². The van der Waals surface area contributed by atoms with Gasteiger partial charge < -0.3 is 9.88 Å². The predicted octanol–water partition coefficient (Wildman–Crippen LogP) is 5.89. The molecule has 0 atom stereocenters. The van der Waals surface area contributed by atoms with E-state index in [4.69, 9.17) is 6.57 Å². The van der Waals surface area contributed by atoms with Crippen molar-refractivity contribution in [3.05, 3.63) is 71.2 Å². The Bertz CT molecular complexity index is 1100. The predicted molar refractivity (Wildman–Crippen MR) is 102 cm³/mol. The van der Waals surface area contributed by atoms with Crippen molar-refractivity contribution >= 4 is 28.2 Å². The van der Waals surface area contributed by atoms with Gasteiger partial charge in [-0.2, -0.15) is 13.2 Å². The number of rotatable bonds is 3. The second-order valence-electron chi connectivity index (χ2n) is 7.10. The monoisotopic (exact) mass is 385 g/mol. The van der Waals surface area contributed by atoms with E-state index < -0.39 is 28.9 Å². The van der Waals surface area contributed by atoms with Gasteiger partial charge >= 0.3 is 6.18 Å². The van der Waals surface area contributed by atoms with Crippen LogP contribution in [0.15, 0.2) is 48.7 Å². The molecule has 1 amide bonds. The fraction of sp³-hybridized carbons (Fsp3) is 0.238. The van der Waals surface area contributed by atoms with Crippen LogP contribution in [0.5, 0.6) is 0 Å². The van der Waals surface area contributed by atoms with Crippen molar-refractivity contribution in [2.75, 3.05) is 5.32 Å². The molecule has 4 nitrogen and oxygen atoms in total. The molecule has 0 spiro atoms. The van der Waals surface area contributed by atoms with E-state index in [2.05, 4.69) is 10.2 Å². The van der Waals surface area contributed by atoms with Crippen molar-refractivity contribution < 1.29 is 18.0 Å². The third-order valence-electron chi connectivity index (χ3n) is 4.68. The molecule has 2 aromatic carbocycles. The fourth-order valence-electron chi connectivity index (χ4n) is 3.08. The Labute approximate surface area is 160 Å². The molecule has 7 heteroatoms. The molecule has 28 heavy (non-hydrogen) atoms. The lowest BCUT2D eigenvalue weighted by Crippen LogP contribution is -2.39. The standard InChI is InChI=1S/C21H18F3N3O/c1-13-5-8-18-14(11-13)9-10-27(18)20(2,3)19(28)26-15-6-7-17(25-4)16(12-15)21(22,23)24/h5-12H,1-3H3,(H,26,28). The number of carbonyl (C=O) groups is 1. The van der Waals surface area contributed by atoms with Gasteiger partial charge in [0.2, 0.25) is 5.91 Å². The van der Waals surface area contributed by atoms with E-state index in [1.807, 2.05) is 31.2 Å². The summed E-state index contributed by atoms with van der Waals surface area (Å²) < 4.78 is 41.3. The highest BCUT2D eigenvalue weighted by molar-refractivity contribution is 5.98. The molecule has 3 aromatic rings. The topological polar surface area (TPSA) is 38.4 Å². The van der Waals surface area contributed by atoms with Gasteiger partial charge in [0.05, 0.1) is 12.1 Å². The summed E-state index contributed by atoms with van der Waals surface area (Å²) in [7, 11) is 0. The number of nitrogens with zero attached hydrogens (tertiary/aromatic N) is 2. The van der Waals surface area contributed by atoms with Gasteiger partial charge in [0.25, 0.3) is 0 Å². The number of hydrogen-bond donors (Lipinski definition) is 1. The third kappa shape index (κ3) is 3.46. The average molecular weight is 385 g/mol. The Hall–Kier alpha value is -3.27. The Morgan fingerprint density at radius 1 is 1.11 bits per heavy atom. The fourth-order valence-corrected chi connectivity index (χ4v) is 3.08. The minimum absolute atomic E-state index is 0.00916. The molecule has 0 aliphatic carbocycles. The van der Waals surface area contributed by atoms with Crippen LogP contribution < -0.4 is 5.32 Å². The molecule has 1 aromatic heterocycles. The summed E-state index contributed by atoms with van der Waals surface area (Å²) in [6.45, 7) is 12.3. The van der Waals surface area contributed by atoms with Crippen LogP contribution in [0.4, 0.5) is 24.5 Å². The van der Waals surface area contributed by atoms with E-state index in [0.29, 0.717) is 0 Å². The molecule has 0 unspecified atom stereocenters. The molecule has 0 saturated heterocycles. The second kappa shape index (κ2) is 6.71. The smallest absolute Gasteiger partial charge is 0.333 e. The molecule has 144 valence electrons. The molecule has 1 heterocycles. The lowest BCUT2D eigenvalue weighted by atomic mass is 10.0. The summed E-state index contributed by atoms with van der Waals surface area (Å²) >= 11 is 0. The van der Waals surface area contributed by atoms with E-state index in [1.165, 1.54) is 6.07 Å². The minimum Gasteiger partial charge on any atom is -0.333 e. The summed E-state index contributed by atoms with van der Waals surface area (Å²) in [5.74, 6) is -0.464. The van der Waals surface area contributed by atoms with Crippen molar-refractivity contribution in [1.29, 1.82) is 0 Å². The molecule has 3 rings (SSSR count). The zero-order valence-corrected chi connectivity index (χ0v) is 15.6. The van der Waals surface area contributed by atoms with Gasteiger partial charge in [0.15, 0.2) is 5.69 Å². The molecular weight excluding hydrogens is 367 g/mol. The number of alkyl halides is 3. The third-order valence-corrected chi connectivity index (χ3v) is 4.68. The summed E-state index contributed by atoms with van der Waals surface area (Å²) in [5, 5.41) is 3.52. The normalized spacial score (nSPS) is 12.0. The van der Waals surface area contributed by atoms with Gasteiger partial charge in [-0.25, -0.2) is 4.85 Å². The SMILES string of the molecule is [C-]#[N+]c1ccc(NC(=O)C(C)(C)n2ccc3cc(C)ccc32)cc1C(F)(F)F.